The van der Waals surface area contributed by atoms with Crippen LogP contribution in [-0.2, 0) is 6.42 Å². The highest BCUT2D eigenvalue weighted by atomic mass is 35.5. The van der Waals surface area contributed by atoms with Crippen LogP contribution >= 0.6 is 24.8 Å². The number of fused-ring (bicyclic) bond motifs is 1. The molecule has 1 aromatic rings. The molecule has 1 aromatic carbocycles. The van der Waals surface area contributed by atoms with Crippen LogP contribution in [0.25, 0.3) is 0 Å². The molecule has 1 saturated heterocycles. The number of piperidine rings is 1. The summed E-state index contributed by atoms with van der Waals surface area (Å²) in [7, 11) is 0. The molecule has 3 N–H and O–H groups in total. The Morgan fingerprint density at radius 3 is 2.41 bits per heavy atom. The van der Waals surface area contributed by atoms with Crippen molar-refractivity contribution in [2.24, 2.45) is 11.1 Å². The van der Waals surface area contributed by atoms with E-state index >= 15 is 0 Å². The predicted octanol–water partition coefficient (Wildman–Crippen LogP) is 2.46. The van der Waals surface area contributed by atoms with Gasteiger partial charge in [0.25, 0.3) is 0 Å². The molecule has 1 heterocycles. The van der Waals surface area contributed by atoms with E-state index in [0.717, 1.165) is 13.1 Å². The van der Waals surface area contributed by atoms with Crippen LogP contribution in [0.15, 0.2) is 24.3 Å². The molecule has 2 aliphatic rings. The second-order valence-corrected chi connectivity index (χ2v) is 4.97. The third-order valence-electron chi connectivity index (χ3n) is 4.19. The summed E-state index contributed by atoms with van der Waals surface area (Å²) in [6.07, 6.45) is 3.64. The highest BCUT2D eigenvalue weighted by molar-refractivity contribution is 5.85. The van der Waals surface area contributed by atoms with Crippen molar-refractivity contribution in [1.82, 2.24) is 5.32 Å². The SMILES string of the molecule is Cl.Cl.N[C@@H]1c2ccccc2CC12CCNCC2. The number of nitrogens with two attached hydrogens (primary N) is 1. The van der Waals surface area contributed by atoms with E-state index in [1.165, 1.54) is 30.4 Å². The van der Waals surface area contributed by atoms with E-state index in [1.807, 2.05) is 0 Å². The van der Waals surface area contributed by atoms with Crippen LogP contribution in [0.4, 0.5) is 0 Å². The van der Waals surface area contributed by atoms with Gasteiger partial charge in [-0.05, 0) is 48.9 Å². The van der Waals surface area contributed by atoms with Crippen molar-refractivity contribution in [3.05, 3.63) is 35.4 Å². The Hall–Kier alpha value is -0.280. The summed E-state index contributed by atoms with van der Waals surface area (Å²) < 4.78 is 0. The van der Waals surface area contributed by atoms with Crippen molar-refractivity contribution >= 4 is 24.8 Å². The van der Waals surface area contributed by atoms with Gasteiger partial charge in [0.2, 0.25) is 0 Å². The minimum Gasteiger partial charge on any atom is -0.323 e. The van der Waals surface area contributed by atoms with Gasteiger partial charge in [0.05, 0.1) is 0 Å². The summed E-state index contributed by atoms with van der Waals surface area (Å²) >= 11 is 0. The molecule has 0 bridgehead atoms. The van der Waals surface area contributed by atoms with E-state index in [4.69, 9.17) is 5.73 Å². The molecule has 0 saturated carbocycles. The van der Waals surface area contributed by atoms with Crippen molar-refractivity contribution in [2.75, 3.05) is 13.1 Å². The first-order valence-corrected chi connectivity index (χ1v) is 5.86. The van der Waals surface area contributed by atoms with E-state index in [-0.39, 0.29) is 30.9 Å². The van der Waals surface area contributed by atoms with Gasteiger partial charge < -0.3 is 11.1 Å². The van der Waals surface area contributed by atoms with Gasteiger partial charge in [0, 0.05) is 6.04 Å². The maximum Gasteiger partial charge on any atom is 0.0359 e. The molecular weight excluding hydrogens is 255 g/mol. The number of halogens is 2. The minimum absolute atomic E-state index is 0. The van der Waals surface area contributed by atoms with E-state index < -0.39 is 0 Å². The molecule has 1 aliphatic heterocycles. The molecule has 0 amide bonds. The van der Waals surface area contributed by atoms with Crippen LogP contribution < -0.4 is 11.1 Å². The molecule has 3 rings (SSSR count). The van der Waals surface area contributed by atoms with Gasteiger partial charge in [0.1, 0.15) is 0 Å². The second kappa shape index (κ2) is 5.57. The van der Waals surface area contributed by atoms with Gasteiger partial charge >= 0.3 is 0 Å². The second-order valence-electron chi connectivity index (χ2n) is 4.97. The summed E-state index contributed by atoms with van der Waals surface area (Å²) in [5.74, 6) is 0. The van der Waals surface area contributed by atoms with Crippen LogP contribution in [-0.4, -0.2) is 13.1 Å². The number of nitrogens with one attached hydrogen (secondary N) is 1. The maximum atomic E-state index is 6.43. The zero-order chi connectivity index (χ0) is 10.3. The lowest BCUT2D eigenvalue weighted by atomic mass is 9.73. The first-order valence-electron chi connectivity index (χ1n) is 5.86. The Morgan fingerprint density at radius 2 is 1.76 bits per heavy atom. The minimum atomic E-state index is 0. The van der Waals surface area contributed by atoms with Gasteiger partial charge in [0.15, 0.2) is 0 Å². The fraction of sp³-hybridized carbons (Fsp3) is 0.538. The molecule has 0 unspecified atom stereocenters. The summed E-state index contributed by atoms with van der Waals surface area (Å²) in [5, 5.41) is 3.43. The zero-order valence-electron chi connectivity index (χ0n) is 9.82. The van der Waals surface area contributed by atoms with Crippen molar-refractivity contribution in [1.29, 1.82) is 0 Å². The van der Waals surface area contributed by atoms with Crippen molar-refractivity contribution < 1.29 is 0 Å². The summed E-state index contributed by atoms with van der Waals surface area (Å²) in [6, 6.07) is 8.95. The van der Waals surface area contributed by atoms with Crippen LogP contribution in [0.3, 0.4) is 0 Å². The van der Waals surface area contributed by atoms with Gasteiger partial charge in [-0.2, -0.15) is 0 Å². The topological polar surface area (TPSA) is 38.0 Å². The standard InChI is InChI=1S/C13H18N2.2ClH/c14-12-11-4-2-1-3-10(11)9-13(12)5-7-15-8-6-13;;/h1-4,12,15H,5-9,14H2;2*1H/t12-;;/m1../s1. The molecule has 1 atom stereocenters. The zero-order valence-corrected chi connectivity index (χ0v) is 11.4. The maximum absolute atomic E-state index is 6.43. The summed E-state index contributed by atoms with van der Waals surface area (Å²) in [4.78, 5) is 0. The van der Waals surface area contributed by atoms with Crippen LogP contribution in [0, 0.1) is 5.41 Å². The van der Waals surface area contributed by atoms with Crippen molar-refractivity contribution in [2.45, 2.75) is 25.3 Å². The normalized spacial score (nSPS) is 24.6. The Balaban J connectivity index is 0.000000722. The Kier molecular flexibility index (Phi) is 4.85. The van der Waals surface area contributed by atoms with E-state index in [9.17, 15) is 0 Å². The number of benzene rings is 1. The van der Waals surface area contributed by atoms with Gasteiger partial charge in [-0.3, -0.25) is 0 Å². The fourth-order valence-electron chi connectivity index (χ4n) is 3.23. The lowest BCUT2D eigenvalue weighted by molar-refractivity contribution is 0.174. The molecule has 17 heavy (non-hydrogen) atoms. The number of rotatable bonds is 0. The molecule has 96 valence electrons. The summed E-state index contributed by atoms with van der Waals surface area (Å²) in [6.45, 7) is 2.25. The smallest absolute Gasteiger partial charge is 0.0359 e. The van der Waals surface area contributed by atoms with Gasteiger partial charge in [-0.25, -0.2) is 0 Å². The van der Waals surface area contributed by atoms with E-state index in [1.54, 1.807) is 0 Å². The molecule has 0 radical (unpaired) electrons. The molecule has 2 nitrogen and oxygen atoms in total. The molecular formula is C13H20Cl2N2. The number of hydrogen-bond donors (Lipinski definition) is 2. The average molecular weight is 275 g/mol. The van der Waals surface area contributed by atoms with E-state index in [0.29, 0.717) is 5.41 Å². The molecule has 1 fully saturated rings. The van der Waals surface area contributed by atoms with Crippen LogP contribution in [0.5, 0.6) is 0 Å². The Bertz CT molecular complexity index is 375. The molecule has 0 aromatic heterocycles. The third-order valence-corrected chi connectivity index (χ3v) is 4.19. The molecule has 4 heteroatoms. The first kappa shape index (κ1) is 14.8. The summed E-state index contributed by atoms with van der Waals surface area (Å²) in [5.41, 5.74) is 9.65. The lowest BCUT2D eigenvalue weighted by Gasteiger charge is -2.37. The fourth-order valence-corrected chi connectivity index (χ4v) is 3.23. The lowest BCUT2D eigenvalue weighted by Crippen LogP contribution is -2.41. The van der Waals surface area contributed by atoms with Crippen molar-refractivity contribution in [3.8, 4) is 0 Å². The predicted molar refractivity (Wildman–Crippen MR) is 76.1 cm³/mol. The monoisotopic (exact) mass is 274 g/mol. The van der Waals surface area contributed by atoms with E-state index in [2.05, 4.69) is 29.6 Å². The largest absolute Gasteiger partial charge is 0.323 e. The van der Waals surface area contributed by atoms with Gasteiger partial charge in [-0.1, -0.05) is 24.3 Å². The highest BCUT2D eigenvalue weighted by Crippen LogP contribution is 2.49. The van der Waals surface area contributed by atoms with Crippen molar-refractivity contribution in [3.63, 3.8) is 0 Å². The quantitative estimate of drug-likeness (QED) is 0.763. The Morgan fingerprint density at radius 1 is 1.12 bits per heavy atom. The molecule has 1 spiro atoms. The highest BCUT2D eigenvalue weighted by Gasteiger charge is 2.44. The van der Waals surface area contributed by atoms with Crippen LogP contribution in [0.2, 0.25) is 0 Å². The van der Waals surface area contributed by atoms with Gasteiger partial charge in [-0.15, -0.1) is 24.8 Å². The average Bonchev–Trinajstić information content (AvgIpc) is 2.54. The molecule has 1 aliphatic carbocycles. The Labute approximate surface area is 115 Å². The first-order chi connectivity index (χ1) is 7.32. The third kappa shape index (κ3) is 2.32. The number of hydrogen-bond acceptors (Lipinski definition) is 2. The van der Waals surface area contributed by atoms with Crippen LogP contribution in [0.1, 0.15) is 30.0 Å².